The Bertz CT molecular complexity index is 301. The number of sulfone groups is 1. The van der Waals surface area contributed by atoms with Crippen LogP contribution in [-0.2, 0) is 14.6 Å². The number of ketones is 1. The second-order valence-corrected chi connectivity index (χ2v) is 7.36. The molecule has 0 aromatic heterocycles. The van der Waals surface area contributed by atoms with Crippen molar-refractivity contribution >= 4 is 15.6 Å². The normalized spacial score (nSPS) is 12.8. The summed E-state index contributed by atoms with van der Waals surface area (Å²) >= 11 is 0. The molecule has 15 heavy (non-hydrogen) atoms. The van der Waals surface area contributed by atoms with Crippen molar-refractivity contribution in [3.8, 4) is 0 Å². The summed E-state index contributed by atoms with van der Waals surface area (Å²) in [5, 5.41) is 2.88. The number of nitrogens with one attached hydrogen (secondary N) is 1. The maximum atomic E-state index is 11.7. The lowest BCUT2D eigenvalue weighted by molar-refractivity contribution is -0.117. The van der Waals surface area contributed by atoms with E-state index in [4.69, 9.17) is 0 Å². The monoisotopic (exact) mass is 235 g/mol. The maximum Gasteiger partial charge on any atom is 0.155 e. The molecule has 5 heteroatoms. The van der Waals surface area contributed by atoms with Gasteiger partial charge in [-0.05, 0) is 27.3 Å². The van der Waals surface area contributed by atoms with Gasteiger partial charge in [-0.1, -0.05) is 6.92 Å². The van der Waals surface area contributed by atoms with E-state index in [2.05, 4.69) is 5.32 Å². The molecule has 0 rings (SSSR count). The molecule has 0 heterocycles. The summed E-state index contributed by atoms with van der Waals surface area (Å²) in [6.45, 7) is 7.83. The van der Waals surface area contributed by atoms with Crippen LogP contribution < -0.4 is 5.32 Å². The summed E-state index contributed by atoms with van der Waals surface area (Å²) < 4.78 is 22.5. The number of Topliss-reactive ketones (excluding diaryl/α,β-unsaturated/α-hetero) is 1. The lowest BCUT2D eigenvalue weighted by atomic mass is 10.3. The van der Waals surface area contributed by atoms with Crippen molar-refractivity contribution in [1.29, 1.82) is 0 Å². The van der Waals surface area contributed by atoms with E-state index in [1.165, 1.54) is 0 Å². The van der Waals surface area contributed by atoms with Crippen molar-refractivity contribution in [3.05, 3.63) is 0 Å². The van der Waals surface area contributed by atoms with Crippen LogP contribution in [0.3, 0.4) is 0 Å². The van der Waals surface area contributed by atoms with Crippen molar-refractivity contribution < 1.29 is 13.2 Å². The van der Waals surface area contributed by atoms with E-state index in [0.29, 0.717) is 0 Å². The third kappa shape index (κ3) is 5.28. The molecule has 0 saturated heterocycles. The minimum atomic E-state index is -3.17. The molecule has 0 aliphatic heterocycles. The Kier molecular flexibility index (Phi) is 5.45. The highest BCUT2D eigenvalue weighted by Crippen LogP contribution is 2.16. The first-order chi connectivity index (χ1) is 6.70. The summed E-state index contributed by atoms with van der Waals surface area (Å²) in [7, 11) is -3.17. The van der Waals surface area contributed by atoms with Crippen LogP contribution in [0, 0.1) is 0 Å². The van der Waals surface area contributed by atoms with E-state index in [1.807, 2.05) is 6.92 Å². The topological polar surface area (TPSA) is 63.2 Å². The zero-order chi connectivity index (χ0) is 12.1. The van der Waals surface area contributed by atoms with Crippen LogP contribution in [0.15, 0.2) is 0 Å². The molecular formula is C10H21NO3S. The van der Waals surface area contributed by atoms with Crippen LogP contribution in [-0.4, -0.2) is 37.8 Å². The van der Waals surface area contributed by atoms with Crippen LogP contribution >= 0.6 is 0 Å². The standard InChI is InChI=1S/C10H21NO3S/c1-5-11-8-9(12)6-7-15(13,14)10(2,3)4/h11H,5-8H2,1-4H3. The lowest BCUT2D eigenvalue weighted by Gasteiger charge is -2.18. The maximum absolute atomic E-state index is 11.7. The predicted octanol–water partition coefficient (Wildman–Crippen LogP) is 0.768. The van der Waals surface area contributed by atoms with Crippen molar-refractivity contribution in [1.82, 2.24) is 5.32 Å². The molecule has 0 aliphatic rings. The van der Waals surface area contributed by atoms with Gasteiger partial charge < -0.3 is 5.32 Å². The van der Waals surface area contributed by atoms with Gasteiger partial charge in [-0.15, -0.1) is 0 Å². The molecule has 0 unspecified atom stereocenters. The summed E-state index contributed by atoms with van der Waals surface area (Å²) in [4.78, 5) is 11.2. The molecule has 0 amide bonds. The third-order valence-corrected chi connectivity index (χ3v) is 4.76. The fourth-order valence-electron chi connectivity index (χ4n) is 0.907. The molecule has 0 fully saturated rings. The molecule has 0 bridgehead atoms. The Labute approximate surface area is 92.4 Å². The highest BCUT2D eigenvalue weighted by Gasteiger charge is 2.28. The molecule has 0 radical (unpaired) electrons. The molecule has 0 saturated carbocycles. The van der Waals surface area contributed by atoms with Gasteiger partial charge in [0.25, 0.3) is 0 Å². The molecule has 1 N–H and O–H groups in total. The molecule has 0 aromatic rings. The second kappa shape index (κ2) is 5.61. The average molecular weight is 235 g/mol. The third-order valence-electron chi connectivity index (χ3n) is 2.15. The van der Waals surface area contributed by atoms with Gasteiger partial charge in [-0.2, -0.15) is 0 Å². The fraction of sp³-hybridized carbons (Fsp3) is 0.900. The van der Waals surface area contributed by atoms with Gasteiger partial charge in [0.1, 0.15) is 5.78 Å². The van der Waals surface area contributed by atoms with Crippen LogP contribution in [0.4, 0.5) is 0 Å². The number of rotatable bonds is 6. The summed E-state index contributed by atoms with van der Waals surface area (Å²) in [5.41, 5.74) is 0. The quantitative estimate of drug-likeness (QED) is 0.738. The molecule has 4 nitrogen and oxygen atoms in total. The first-order valence-electron chi connectivity index (χ1n) is 5.15. The van der Waals surface area contributed by atoms with Crippen molar-refractivity contribution in [3.63, 3.8) is 0 Å². The molecule has 0 atom stereocenters. The number of carbonyl (C=O) groups is 1. The van der Waals surface area contributed by atoms with Gasteiger partial charge in [0.05, 0.1) is 17.0 Å². The molecule has 90 valence electrons. The highest BCUT2D eigenvalue weighted by atomic mass is 32.2. The number of hydrogen-bond donors (Lipinski definition) is 1. The zero-order valence-electron chi connectivity index (χ0n) is 9.96. The lowest BCUT2D eigenvalue weighted by Crippen LogP contribution is -2.32. The van der Waals surface area contributed by atoms with E-state index in [-0.39, 0.29) is 24.5 Å². The minimum Gasteiger partial charge on any atom is -0.310 e. The SMILES string of the molecule is CCNCC(=O)CCS(=O)(=O)C(C)(C)C. The largest absolute Gasteiger partial charge is 0.310 e. The summed E-state index contributed by atoms with van der Waals surface area (Å²) in [5.74, 6) is -0.106. The van der Waals surface area contributed by atoms with Crippen molar-refractivity contribution in [2.45, 2.75) is 38.9 Å². The first-order valence-corrected chi connectivity index (χ1v) is 6.80. The van der Waals surface area contributed by atoms with Crippen molar-refractivity contribution in [2.75, 3.05) is 18.8 Å². The van der Waals surface area contributed by atoms with Crippen molar-refractivity contribution in [2.24, 2.45) is 0 Å². The van der Waals surface area contributed by atoms with Gasteiger partial charge >= 0.3 is 0 Å². The van der Waals surface area contributed by atoms with Gasteiger partial charge in [-0.25, -0.2) is 8.42 Å². The minimum absolute atomic E-state index is 0.0512. The Hall–Kier alpha value is -0.420. The number of likely N-dealkylation sites (N-methyl/N-ethyl adjacent to an activating group) is 1. The first kappa shape index (κ1) is 14.6. The molecule has 0 aromatic carbocycles. The smallest absolute Gasteiger partial charge is 0.155 e. The zero-order valence-corrected chi connectivity index (χ0v) is 10.8. The predicted molar refractivity (Wildman–Crippen MR) is 61.7 cm³/mol. The van der Waals surface area contributed by atoms with Gasteiger partial charge in [0, 0.05) is 6.42 Å². The molecular weight excluding hydrogens is 214 g/mol. The van der Waals surface area contributed by atoms with E-state index < -0.39 is 14.6 Å². The number of carbonyl (C=O) groups excluding carboxylic acids is 1. The van der Waals surface area contributed by atoms with E-state index in [9.17, 15) is 13.2 Å². The van der Waals surface area contributed by atoms with E-state index >= 15 is 0 Å². The Morgan fingerprint density at radius 2 is 1.80 bits per heavy atom. The average Bonchev–Trinajstić information content (AvgIpc) is 2.09. The Morgan fingerprint density at radius 1 is 1.27 bits per heavy atom. The van der Waals surface area contributed by atoms with Gasteiger partial charge in [0.2, 0.25) is 0 Å². The Morgan fingerprint density at radius 3 is 2.20 bits per heavy atom. The number of hydrogen-bond acceptors (Lipinski definition) is 4. The van der Waals surface area contributed by atoms with E-state index in [0.717, 1.165) is 6.54 Å². The van der Waals surface area contributed by atoms with Crippen LogP contribution in [0.2, 0.25) is 0 Å². The highest BCUT2D eigenvalue weighted by molar-refractivity contribution is 7.92. The van der Waals surface area contributed by atoms with E-state index in [1.54, 1.807) is 20.8 Å². The fourth-order valence-corrected chi connectivity index (χ4v) is 2.02. The van der Waals surface area contributed by atoms with Crippen LogP contribution in [0.5, 0.6) is 0 Å². The van der Waals surface area contributed by atoms with Gasteiger partial charge in [0.15, 0.2) is 9.84 Å². The Balaban J connectivity index is 4.12. The molecule has 0 aliphatic carbocycles. The summed E-state index contributed by atoms with van der Waals surface area (Å²) in [6, 6.07) is 0. The van der Waals surface area contributed by atoms with Gasteiger partial charge in [-0.3, -0.25) is 4.79 Å². The summed E-state index contributed by atoms with van der Waals surface area (Å²) in [6.07, 6.45) is 0.104. The molecule has 0 spiro atoms. The second-order valence-electron chi connectivity index (χ2n) is 4.50. The van der Waals surface area contributed by atoms with Crippen LogP contribution in [0.1, 0.15) is 34.1 Å². The van der Waals surface area contributed by atoms with Crippen LogP contribution in [0.25, 0.3) is 0 Å².